The second kappa shape index (κ2) is 4.82. The summed E-state index contributed by atoms with van der Waals surface area (Å²) in [5.41, 5.74) is 1.43. The monoisotopic (exact) mass is 300 g/mol. The van der Waals surface area contributed by atoms with Crippen molar-refractivity contribution in [2.45, 2.75) is 13.7 Å². The fourth-order valence-corrected chi connectivity index (χ4v) is 8.19. The maximum atomic E-state index is 5.25. The minimum atomic E-state index is 0.582. The second-order valence-electron chi connectivity index (χ2n) is 3.36. The molecule has 0 fully saturated rings. The van der Waals surface area contributed by atoms with Crippen LogP contribution in [0, 0.1) is 3.14 Å². The Morgan fingerprint density at radius 2 is 1.81 bits per heavy atom. The molecule has 0 spiro atoms. The average molecular weight is 301 g/mol. The molecule has 1 aliphatic heterocycles. The van der Waals surface area contributed by atoms with Crippen LogP contribution in [-0.4, -0.2) is 5.75 Å². The van der Waals surface area contributed by atoms with E-state index in [2.05, 4.69) is 30.3 Å². The van der Waals surface area contributed by atoms with E-state index in [0.29, 0.717) is 5.25 Å². The van der Waals surface area contributed by atoms with Crippen molar-refractivity contribution in [3.05, 3.63) is 39.0 Å². The fourth-order valence-electron chi connectivity index (χ4n) is 1.56. The Kier molecular flexibility index (Phi) is 3.40. The van der Waals surface area contributed by atoms with Crippen LogP contribution in [0.25, 0.3) is 0 Å². The lowest BCUT2D eigenvalue weighted by atomic mass is 10.2. The Hall–Kier alpha value is 0.190. The minimum Gasteiger partial charge on any atom is -0.112 e. The van der Waals surface area contributed by atoms with Gasteiger partial charge in [-0.05, 0) is 5.56 Å². The molecule has 2 heterocycles. The molecular formula is C11H8S5. The molecule has 0 saturated carbocycles. The van der Waals surface area contributed by atoms with E-state index in [-0.39, 0.29) is 0 Å². The standard InChI is InChI=1S/C11H8S5/c12-11-15-9-10(16-11)14-8(6-13-9)7-4-2-1-3-5-7/h1-5,8H,6H2/t8-/m0/s1. The highest BCUT2D eigenvalue weighted by Crippen LogP contribution is 2.52. The van der Waals surface area contributed by atoms with Crippen LogP contribution in [0.3, 0.4) is 0 Å². The van der Waals surface area contributed by atoms with E-state index in [1.807, 2.05) is 23.5 Å². The van der Waals surface area contributed by atoms with Crippen LogP contribution < -0.4 is 0 Å². The highest BCUT2D eigenvalue weighted by atomic mass is 32.2. The third-order valence-electron chi connectivity index (χ3n) is 2.31. The fraction of sp³-hybridized carbons (Fsp3) is 0.182. The Labute approximate surface area is 116 Å². The number of hydrogen-bond donors (Lipinski definition) is 0. The molecule has 1 aliphatic rings. The molecule has 0 radical (unpaired) electrons. The maximum absolute atomic E-state index is 5.25. The largest absolute Gasteiger partial charge is 0.145 e. The first-order chi connectivity index (χ1) is 7.83. The summed E-state index contributed by atoms with van der Waals surface area (Å²) in [5, 5.41) is 0.582. The van der Waals surface area contributed by atoms with Crippen molar-refractivity contribution in [3.63, 3.8) is 0 Å². The molecule has 0 saturated heterocycles. The van der Waals surface area contributed by atoms with Gasteiger partial charge in [-0.1, -0.05) is 42.5 Å². The van der Waals surface area contributed by atoms with Gasteiger partial charge in [0.15, 0.2) is 0 Å². The van der Waals surface area contributed by atoms with Crippen LogP contribution in [-0.2, 0) is 0 Å². The molecule has 0 bridgehead atoms. The lowest BCUT2D eigenvalue weighted by Gasteiger charge is -2.20. The quantitative estimate of drug-likeness (QED) is 0.640. The van der Waals surface area contributed by atoms with Gasteiger partial charge in [0, 0.05) is 11.0 Å². The van der Waals surface area contributed by atoms with Crippen molar-refractivity contribution in [2.75, 3.05) is 5.75 Å². The van der Waals surface area contributed by atoms with Crippen molar-refractivity contribution in [1.29, 1.82) is 0 Å². The molecule has 0 N–H and O–H groups in total. The summed E-state index contributed by atoms with van der Waals surface area (Å²) >= 11 is 12.7. The van der Waals surface area contributed by atoms with E-state index in [9.17, 15) is 0 Å². The number of thioether (sulfide) groups is 2. The van der Waals surface area contributed by atoms with Gasteiger partial charge in [0.05, 0.1) is 8.42 Å². The Balaban J connectivity index is 1.91. The van der Waals surface area contributed by atoms with Crippen LogP contribution in [0.15, 0.2) is 38.8 Å². The lowest BCUT2D eigenvalue weighted by Crippen LogP contribution is -2.00. The van der Waals surface area contributed by atoms with Crippen LogP contribution in [0.1, 0.15) is 10.8 Å². The number of fused-ring (bicyclic) bond motifs is 1. The molecule has 5 heteroatoms. The normalized spacial score (nSPS) is 19.4. The summed E-state index contributed by atoms with van der Waals surface area (Å²) in [6.45, 7) is 0. The van der Waals surface area contributed by atoms with E-state index >= 15 is 0 Å². The van der Waals surface area contributed by atoms with Crippen molar-refractivity contribution >= 4 is 58.4 Å². The van der Waals surface area contributed by atoms with E-state index in [1.165, 1.54) is 14.0 Å². The number of benzene rings is 1. The van der Waals surface area contributed by atoms with Crippen molar-refractivity contribution < 1.29 is 0 Å². The Morgan fingerprint density at radius 1 is 1.06 bits per heavy atom. The summed E-state index contributed by atoms with van der Waals surface area (Å²) in [7, 11) is 0. The first kappa shape index (κ1) is 11.3. The summed E-state index contributed by atoms with van der Waals surface area (Å²) in [6.07, 6.45) is 0. The van der Waals surface area contributed by atoms with E-state index in [4.69, 9.17) is 12.2 Å². The molecule has 0 aliphatic carbocycles. The van der Waals surface area contributed by atoms with Crippen molar-refractivity contribution in [2.24, 2.45) is 0 Å². The summed E-state index contributed by atoms with van der Waals surface area (Å²) < 4.78 is 3.89. The van der Waals surface area contributed by atoms with Gasteiger partial charge >= 0.3 is 0 Å². The molecular weight excluding hydrogens is 292 g/mol. The molecule has 82 valence electrons. The lowest BCUT2D eigenvalue weighted by molar-refractivity contribution is 1.10. The average Bonchev–Trinajstić information content (AvgIpc) is 2.69. The highest BCUT2D eigenvalue weighted by molar-refractivity contribution is 8.08. The summed E-state index contributed by atoms with van der Waals surface area (Å²) in [6, 6.07) is 10.7. The van der Waals surface area contributed by atoms with Gasteiger partial charge in [0.25, 0.3) is 0 Å². The van der Waals surface area contributed by atoms with Gasteiger partial charge in [0.2, 0.25) is 0 Å². The second-order valence-corrected chi connectivity index (χ2v) is 9.34. The minimum absolute atomic E-state index is 0.582. The van der Waals surface area contributed by atoms with Crippen LogP contribution in [0.2, 0.25) is 0 Å². The molecule has 0 amide bonds. The molecule has 1 aromatic heterocycles. The van der Waals surface area contributed by atoms with E-state index in [1.54, 1.807) is 22.7 Å². The molecule has 1 aromatic carbocycles. The smallest absolute Gasteiger partial charge is 0.112 e. The third kappa shape index (κ3) is 2.24. The van der Waals surface area contributed by atoms with Crippen LogP contribution in [0.4, 0.5) is 0 Å². The highest BCUT2D eigenvalue weighted by Gasteiger charge is 2.23. The molecule has 0 nitrogen and oxygen atoms in total. The zero-order valence-electron chi connectivity index (χ0n) is 8.21. The third-order valence-corrected chi connectivity index (χ3v) is 8.40. The Morgan fingerprint density at radius 3 is 2.62 bits per heavy atom. The molecule has 3 rings (SSSR count). The van der Waals surface area contributed by atoms with Gasteiger partial charge in [-0.25, -0.2) is 0 Å². The van der Waals surface area contributed by atoms with E-state index in [0.717, 1.165) is 8.89 Å². The van der Waals surface area contributed by atoms with Crippen LogP contribution in [0.5, 0.6) is 0 Å². The van der Waals surface area contributed by atoms with Gasteiger partial charge in [-0.3, -0.25) is 0 Å². The first-order valence-corrected chi connectivity index (χ1v) is 8.72. The summed E-state index contributed by atoms with van der Waals surface area (Å²) in [4.78, 5) is 0. The SMILES string of the molecule is S=c1sc2c(s1)S[C@H](c1ccccc1)CS2. The molecule has 2 aromatic rings. The molecule has 16 heavy (non-hydrogen) atoms. The topological polar surface area (TPSA) is 0 Å². The van der Waals surface area contributed by atoms with Gasteiger partial charge in [-0.2, -0.15) is 0 Å². The predicted octanol–water partition coefficient (Wildman–Crippen LogP) is 5.48. The number of rotatable bonds is 1. The van der Waals surface area contributed by atoms with Crippen LogP contribution >= 0.6 is 58.4 Å². The molecule has 1 atom stereocenters. The van der Waals surface area contributed by atoms with Crippen molar-refractivity contribution in [3.8, 4) is 0 Å². The first-order valence-electron chi connectivity index (χ1n) is 4.81. The maximum Gasteiger partial charge on any atom is 0.145 e. The van der Waals surface area contributed by atoms with E-state index < -0.39 is 0 Å². The number of hydrogen-bond acceptors (Lipinski definition) is 5. The Bertz CT molecular complexity index is 539. The predicted molar refractivity (Wildman–Crippen MR) is 78.8 cm³/mol. The van der Waals surface area contributed by atoms with Crippen molar-refractivity contribution in [1.82, 2.24) is 0 Å². The summed E-state index contributed by atoms with van der Waals surface area (Å²) in [5.74, 6) is 1.16. The zero-order valence-corrected chi connectivity index (χ0v) is 12.3. The van der Waals surface area contributed by atoms with Gasteiger partial charge in [0.1, 0.15) is 3.14 Å². The van der Waals surface area contributed by atoms with Gasteiger partial charge < -0.3 is 0 Å². The zero-order chi connectivity index (χ0) is 11.0. The molecule has 0 unspecified atom stereocenters. The van der Waals surface area contributed by atoms with Gasteiger partial charge in [-0.15, -0.1) is 46.2 Å².